The van der Waals surface area contributed by atoms with Crippen LogP contribution >= 0.6 is 0 Å². The fourth-order valence-corrected chi connectivity index (χ4v) is 4.83. The third-order valence-corrected chi connectivity index (χ3v) is 7.21. The quantitative estimate of drug-likeness (QED) is 0.462. The molecule has 1 N–H and O–H groups in total. The van der Waals surface area contributed by atoms with Crippen LogP contribution in [0.2, 0.25) is 0 Å². The molecule has 0 aliphatic rings. The van der Waals surface area contributed by atoms with Gasteiger partial charge in [-0.3, -0.25) is 13.9 Å². The summed E-state index contributed by atoms with van der Waals surface area (Å²) in [7, 11) is -2.20. The SMILES string of the molecule is CCC(C)NC(=O)C(CC)N(Cc1ccc(OC)cc1)C(=O)CN(c1cc(C)cc(C)c1)S(C)(=O)=O. The van der Waals surface area contributed by atoms with Gasteiger partial charge in [0.1, 0.15) is 18.3 Å². The summed E-state index contributed by atoms with van der Waals surface area (Å²) in [5, 5.41) is 2.97. The molecule has 0 saturated heterocycles. The van der Waals surface area contributed by atoms with E-state index in [1.165, 1.54) is 4.90 Å². The van der Waals surface area contributed by atoms with Crippen LogP contribution < -0.4 is 14.4 Å². The van der Waals surface area contributed by atoms with E-state index in [2.05, 4.69) is 5.32 Å². The maximum Gasteiger partial charge on any atom is 0.244 e. The van der Waals surface area contributed by atoms with E-state index in [1.54, 1.807) is 31.4 Å². The largest absolute Gasteiger partial charge is 0.497 e. The Morgan fingerprint density at radius 3 is 2.06 bits per heavy atom. The summed E-state index contributed by atoms with van der Waals surface area (Å²) in [6.07, 6.45) is 2.22. The summed E-state index contributed by atoms with van der Waals surface area (Å²) >= 11 is 0. The van der Waals surface area contributed by atoms with Crippen LogP contribution in [-0.2, 0) is 26.2 Å². The smallest absolute Gasteiger partial charge is 0.244 e. The number of aryl methyl sites for hydroxylation is 2. The number of nitrogens with one attached hydrogen (secondary N) is 1. The number of sulfonamides is 1. The third kappa shape index (κ3) is 7.98. The lowest BCUT2D eigenvalue weighted by Crippen LogP contribution is -2.53. The predicted molar refractivity (Wildman–Crippen MR) is 144 cm³/mol. The molecular formula is C27H39N3O5S. The van der Waals surface area contributed by atoms with Crippen molar-refractivity contribution in [3.63, 3.8) is 0 Å². The maximum absolute atomic E-state index is 13.7. The molecule has 198 valence electrons. The summed E-state index contributed by atoms with van der Waals surface area (Å²) in [5.74, 6) is -0.0381. The topological polar surface area (TPSA) is 96.0 Å². The first-order valence-corrected chi connectivity index (χ1v) is 14.0. The number of carbonyl (C=O) groups is 2. The Morgan fingerprint density at radius 2 is 1.58 bits per heavy atom. The average molecular weight is 518 g/mol. The van der Waals surface area contributed by atoms with E-state index in [1.807, 2.05) is 52.8 Å². The van der Waals surface area contributed by atoms with Crippen molar-refractivity contribution in [2.75, 3.05) is 24.2 Å². The number of hydrogen-bond donors (Lipinski definition) is 1. The summed E-state index contributed by atoms with van der Waals surface area (Å²) in [6.45, 7) is 9.21. The molecule has 0 fully saturated rings. The highest BCUT2D eigenvalue weighted by atomic mass is 32.2. The zero-order valence-corrected chi connectivity index (χ0v) is 23.2. The van der Waals surface area contributed by atoms with Crippen LogP contribution in [0.5, 0.6) is 5.75 Å². The molecule has 0 aromatic heterocycles. The lowest BCUT2D eigenvalue weighted by atomic mass is 10.1. The van der Waals surface area contributed by atoms with E-state index in [9.17, 15) is 18.0 Å². The Labute approximate surface area is 215 Å². The highest BCUT2D eigenvalue weighted by Crippen LogP contribution is 2.23. The van der Waals surface area contributed by atoms with Gasteiger partial charge in [-0.05, 0) is 74.6 Å². The Kier molecular flexibility index (Phi) is 10.3. The second kappa shape index (κ2) is 12.8. The standard InChI is InChI=1S/C27H39N3O5S/c1-8-21(5)28-27(32)25(9-2)29(17-22-10-12-24(35-6)13-11-22)26(31)18-30(36(7,33)34)23-15-19(3)14-20(4)16-23/h10-16,21,25H,8-9,17-18H2,1-7H3,(H,28,32). The third-order valence-electron chi connectivity index (χ3n) is 6.07. The zero-order chi connectivity index (χ0) is 27.0. The molecule has 2 amide bonds. The fourth-order valence-electron chi connectivity index (χ4n) is 4.00. The van der Waals surface area contributed by atoms with Gasteiger partial charge in [-0.25, -0.2) is 8.42 Å². The number of anilines is 1. The summed E-state index contributed by atoms with van der Waals surface area (Å²) in [6, 6.07) is 11.8. The predicted octanol–water partition coefficient (Wildman–Crippen LogP) is 3.80. The van der Waals surface area contributed by atoms with Gasteiger partial charge in [0.15, 0.2) is 0 Å². The highest BCUT2D eigenvalue weighted by Gasteiger charge is 2.32. The van der Waals surface area contributed by atoms with E-state index in [0.29, 0.717) is 17.9 Å². The Hall–Kier alpha value is -3.07. The monoisotopic (exact) mass is 517 g/mol. The molecule has 9 heteroatoms. The second-order valence-corrected chi connectivity index (χ2v) is 11.1. The van der Waals surface area contributed by atoms with Crippen molar-refractivity contribution >= 4 is 27.5 Å². The van der Waals surface area contributed by atoms with Gasteiger partial charge >= 0.3 is 0 Å². The number of methoxy groups -OCH3 is 1. The minimum Gasteiger partial charge on any atom is -0.497 e. The van der Waals surface area contributed by atoms with Crippen LogP contribution in [0.4, 0.5) is 5.69 Å². The molecule has 0 bridgehead atoms. The highest BCUT2D eigenvalue weighted by molar-refractivity contribution is 7.92. The average Bonchev–Trinajstić information content (AvgIpc) is 2.81. The summed E-state index contributed by atoms with van der Waals surface area (Å²) in [5.41, 5.74) is 3.00. The van der Waals surface area contributed by atoms with Crippen LogP contribution in [0, 0.1) is 13.8 Å². The van der Waals surface area contributed by atoms with Gasteiger partial charge in [-0.1, -0.05) is 32.0 Å². The second-order valence-electron chi connectivity index (χ2n) is 9.23. The van der Waals surface area contributed by atoms with Crippen molar-refractivity contribution in [2.24, 2.45) is 0 Å². The Balaban J connectivity index is 2.46. The van der Waals surface area contributed by atoms with Gasteiger partial charge in [0.05, 0.1) is 19.1 Å². The van der Waals surface area contributed by atoms with Gasteiger partial charge in [-0.2, -0.15) is 0 Å². The maximum atomic E-state index is 13.7. The van der Waals surface area contributed by atoms with E-state index >= 15 is 0 Å². The van der Waals surface area contributed by atoms with Crippen molar-refractivity contribution in [3.8, 4) is 5.75 Å². The molecule has 0 aliphatic carbocycles. The molecule has 2 rings (SSSR count). The summed E-state index contributed by atoms with van der Waals surface area (Å²) < 4.78 is 31.9. The van der Waals surface area contributed by atoms with Crippen LogP contribution in [0.3, 0.4) is 0 Å². The van der Waals surface area contributed by atoms with Crippen molar-refractivity contribution in [3.05, 3.63) is 59.2 Å². The first-order valence-electron chi connectivity index (χ1n) is 12.2. The van der Waals surface area contributed by atoms with Crippen LogP contribution in [-0.4, -0.2) is 57.1 Å². The molecule has 36 heavy (non-hydrogen) atoms. The lowest BCUT2D eigenvalue weighted by Gasteiger charge is -2.33. The zero-order valence-electron chi connectivity index (χ0n) is 22.4. The van der Waals surface area contributed by atoms with Crippen molar-refractivity contribution in [1.82, 2.24) is 10.2 Å². The van der Waals surface area contributed by atoms with E-state index < -0.39 is 28.5 Å². The molecule has 0 heterocycles. The minimum atomic E-state index is -3.77. The van der Waals surface area contributed by atoms with Gasteiger partial charge in [-0.15, -0.1) is 0 Å². The fraction of sp³-hybridized carbons (Fsp3) is 0.481. The molecule has 2 unspecified atom stereocenters. The normalized spacial score (nSPS) is 13.0. The summed E-state index contributed by atoms with van der Waals surface area (Å²) in [4.78, 5) is 28.4. The molecular weight excluding hydrogens is 478 g/mol. The van der Waals surface area contributed by atoms with Crippen LogP contribution in [0.15, 0.2) is 42.5 Å². The van der Waals surface area contributed by atoms with Crippen LogP contribution in [0.1, 0.15) is 50.3 Å². The van der Waals surface area contributed by atoms with Crippen molar-refractivity contribution in [2.45, 2.75) is 66.1 Å². The molecule has 0 saturated carbocycles. The molecule has 8 nitrogen and oxygen atoms in total. The number of rotatable bonds is 12. The van der Waals surface area contributed by atoms with E-state index in [-0.39, 0.29) is 18.5 Å². The number of nitrogens with zero attached hydrogens (tertiary/aromatic N) is 2. The first kappa shape index (κ1) is 29.2. The van der Waals surface area contributed by atoms with Gasteiger partial charge in [0, 0.05) is 12.6 Å². The lowest BCUT2D eigenvalue weighted by molar-refractivity contribution is -0.140. The molecule has 2 atom stereocenters. The minimum absolute atomic E-state index is 0.0488. The number of amides is 2. The number of hydrogen-bond acceptors (Lipinski definition) is 5. The molecule has 2 aromatic rings. The Bertz CT molecular complexity index is 1130. The first-order chi connectivity index (χ1) is 16.9. The molecule has 0 radical (unpaired) electrons. The van der Waals surface area contributed by atoms with E-state index in [0.717, 1.165) is 33.7 Å². The van der Waals surface area contributed by atoms with Gasteiger partial charge in [0.25, 0.3) is 0 Å². The van der Waals surface area contributed by atoms with Gasteiger partial charge < -0.3 is 15.0 Å². The number of benzene rings is 2. The number of ether oxygens (including phenoxy) is 1. The number of carbonyl (C=O) groups excluding carboxylic acids is 2. The van der Waals surface area contributed by atoms with Gasteiger partial charge in [0.2, 0.25) is 21.8 Å². The molecule has 2 aromatic carbocycles. The molecule has 0 aliphatic heterocycles. The molecule has 0 spiro atoms. The van der Waals surface area contributed by atoms with Crippen molar-refractivity contribution in [1.29, 1.82) is 0 Å². The van der Waals surface area contributed by atoms with Crippen molar-refractivity contribution < 1.29 is 22.7 Å². The Morgan fingerprint density at radius 1 is 1.00 bits per heavy atom. The van der Waals surface area contributed by atoms with Crippen LogP contribution in [0.25, 0.3) is 0 Å². The van der Waals surface area contributed by atoms with E-state index in [4.69, 9.17) is 4.74 Å².